The number of carbonyl (C=O) groups excluding carboxylic acids is 2. The first-order valence-electron chi connectivity index (χ1n) is 7.44. The molecule has 25 heavy (non-hydrogen) atoms. The lowest BCUT2D eigenvalue weighted by Crippen LogP contribution is -2.25. The normalized spacial score (nSPS) is 10.5. The summed E-state index contributed by atoms with van der Waals surface area (Å²) in [4.78, 5) is 24.7. The maximum Gasteiger partial charge on any atom is 0.274 e. The minimum Gasteiger partial charge on any atom is -0.467 e. The molecule has 8 heteroatoms. The molecule has 1 aromatic carbocycles. The van der Waals surface area contributed by atoms with Crippen LogP contribution in [0, 0.1) is 0 Å². The molecule has 3 aromatic rings. The molecule has 128 valence electrons. The van der Waals surface area contributed by atoms with E-state index in [4.69, 9.17) is 16.0 Å². The van der Waals surface area contributed by atoms with Crippen molar-refractivity contribution in [1.82, 2.24) is 15.1 Å². The summed E-state index contributed by atoms with van der Waals surface area (Å²) < 4.78 is 6.62. The first-order valence-corrected chi connectivity index (χ1v) is 7.82. The van der Waals surface area contributed by atoms with Crippen molar-refractivity contribution in [2.45, 2.75) is 6.54 Å². The van der Waals surface area contributed by atoms with Crippen molar-refractivity contribution < 1.29 is 14.0 Å². The van der Waals surface area contributed by atoms with E-state index in [1.54, 1.807) is 49.6 Å². The highest BCUT2D eigenvalue weighted by Crippen LogP contribution is 2.16. The summed E-state index contributed by atoms with van der Waals surface area (Å²) >= 11 is 5.82. The van der Waals surface area contributed by atoms with Gasteiger partial charge in [-0.3, -0.25) is 14.3 Å². The van der Waals surface area contributed by atoms with Gasteiger partial charge in [0.1, 0.15) is 5.76 Å². The van der Waals surface area contributed by atoms with Gasteiger partial charge in [-0.05, 0) is 36.4 Å². The average Bonchev–Trinajstić information content (AvgIpc) is 3.23. The molecule has 7 nitrogen and oxygen atoms in total. The Kier molecular flexibility index (Phi) is 4.85. The minimum atomic E-state index is -0.414. The van der Waals surface area contributed by atoms with Crippen LogP contribution >= 0.6 is 11.6 Å². The summed E-state index contributed by atoms with van der Waals surface area (Å²) in [6.45, 7) is 0.229. The van der Waals surface area contributed by atoms with Crippen molar-refractivity contribution in [1.29, 1.82) is 0 Å². The predicted octanol–water partition coefficient (Wildman–Crippen LogP) is 2.85. The van der Waals surface area contributed by atoms with Crippen molar-refractivity contribution in [3.05, 3.63) is 70.9 Å². The van der Waals surface area contributed by atoms with Gasteiger partial charge >= 0.3 is 0 Å². The topological polar surface area (TPSA) is 89.2 Å². The fraction of sp³-hybridized carbons (Fsp3) is 0.118. The lowest BCUT2D eigenvalue weighted by molar-refractivity contribution is 0.0943. The number of nitrogens with zero attached hydrogens (tertiary/aromatic N) is 2. The number of furan rings is 1. The summed E-state index contributed by atoms with van der Waals surface area (Å²) in [5, 5.41) is 10.0. The zero-order valence-electron chi connectivity index (χ0n) is 13.3. The summed E-state index contributed by atoms with van der Waals surface area (Å²) in [6, 6.07) is 9.94. The Labute approximate surface area is 148 Å². The summed E-state index contributed by atoms with van der Waals surface area (Å²) in [5.74, 6) is -0.149. The Hall–Kier alpha value is -3.06. The van der Waals surface area contributed by atoms with Gasteiger partial charge in [-0.1, -0.05) is 11.6 Å². The maximum absolute atomic E-state index is 12.3. The van der Waals surface area contributed by atoms with Gasteiger partial charge in [-0.15, -0.1) is 0 Å². The van der Waals surface area contributed by atoms with E-state index in [2.05, 4.69) is 15.7 Å². The Bertz CT molecular complexity index is 885. The van der Waals surface area contributed by atoms with Gasteiger partial charge in [0, 0.05) is 23.8 Å². The molecule has 0 aliphatic heterocycles. The molecule has 0 aliphatic rings. The van der Waals surface area contributed by atoms with Gasteiger partial charge in [0.05, 0.1) is 18.5 Å². The largest absolute Gasteiger partial charge is 0.467 e. The number of amides is 2. The van der Waals surface area contributed by atoms with E-state index in [0.29, 0.717) is 22.0 Å². The first kappa shape index (κ1) is 16.8. The minimum absolute atomic E-state index is 0.122. The van der Waals surface area contributed by atoms with E-state index in [1.807, 2.05) is 0 Å². The summed E-state index contributed by atoms with van der Waals surface area (Å²) in [6.07, 6.45) is 3.09. The van der Waals surface area contributed by atoms with Gasteiger partial charge in [0.25, 0.3) is 11.8 Å². The Morgan fingerprint density at radius 2 is 1.96 bits per heavy atom. The average molecular weight is 359 g/mol. The number of nitrogens with one attached hydrogen (secondary N) is 2. The van der Waals surface area contributed by atoms with Gasteiger partial charge in [-0.25, -0.2) is 0 Å². The molecule has 2 aromatic heterocycles. The second-order valence-corrected chi connectivity index (χ2v) is 5.72. The van der Waals surface area contributed by atoms with Crippen LogP contribution in [0.2, 0.25) is 5.02 Å². The highest BCUT2D eigenvalue weighted by atomic mass is 35.5. The van der Waals surface area contributed by atoms with Crippen LogP contribution in [0.15, 0.2) is 53.3 Å². The third kappa shape index (κ3) is 4.07. The van der Waals surface area contributed by atoms with Gasteiger partial charge in [0.2, 0.25) is 0 Å². The zero-order chi connectivity index (χ0) is 17.8. The van der Waals surface area contributed by atoms with Crippen LogP contribution in [0.5, 0.6) is 0 Å². The molecule has 0 bridgehead atoms. The zero-order valence-corrected chi connectivity index (χ0v) is 14.1. The van der Waals surface area contributed by atoms with E-state index < -0.39 is 5.91 Å². The van der Waals surface area contributed by atoms with Crippen molar-refractivity contribution >= 4 is 29.1 Å². The van der Waals surface area contributed by atoms with Crippen LogP contribution < -0.4 is 10.6 Å². The van der Waals surface area contributed by atoms with Gasteiger partial charge in [0.15, 0.2) is 5.69 Å². The molecule has 0 aliphatic carbocycles. The molecule has 0 saturated heterocycles. The van der Waals surface area contributed by atoms with Crippen LogP contribution in [0.4, 0.5) is 5.69 Å². The molecule has 2 N–H and O–H groups in total. The number of aromatic nitrogens is 2. The van der Waals surface area contributed by atoms with E-state index in [-0.39, 0.29) is 18.1 Å². The maximum atomic E-state index is 12.3. The van der Waals surface area contributed by atoms with Crippen molar-refractivity contribution in [2.24, 2.45) is 7.05 Å². The number of hydrogen-bond acceptors (Lipinski definition) is 4. The van der Waals surface area contributed by atoms with Crippen LogP contribution in [-0.2, 0) is 13.6 Å². The van der Waals surface area contributed by atoms with Crippen LogP contribution in [-0.4, -0.2) is 21.6 Å². The Morgan fingerprint density at radius 3 is 2.64 bits per heavy atom. The molecule has 0 unspecified atom stereocenters. The van der Waals surface area contributed by atoms with Crippen LogP contribution in [0.1, 0.15) is 26.6 Å². The van der Waals surface area contributed by atoms with Crippen molar-refractivity contribution in [3.63, 3.8) is 0 Å². The summed E-state index contributed by atoms with van der Waals surface area (Å²) in [5.41, 5.74) is 0.867. The third-order valence-corrected chi connectivity index (χ3v) is 3.65. The van der Waals surface area contributed by atoms with E-state index >= 15 is 0 Å². The smallest absolute Gasteiger partial charge is 0.274 e. The van der Waals surface area contributed by atoms with Gasteiger partial charge in [-0.2, -0.15) is 5.10 Å². The number of benzene rings is 1. The first-order chi connectivity index (χ1) is 12.0. The number of rotatable bonds is 5. The number of anilines is 1. The monoisotopic (exact) mass is 358 g/mol. The fourth-order valence-electron chi connectivity index (χ4n) is 2.21. The van der Waals surface area contributed by atoms with Crippen molar-refractivity contribution in [2.75, 3.05) is 5.32 Å². The number of hydrogen-bond donors (Lipinski definition) is 2. The standard InChI is InChI=1S/C17H15ClN4O3/c1-22-10-14(20-16(23)11-4-6-12(18)7-5-11)15(21-22)17(24)19-9-13-3-2-8-25-13/h2-8,10H,9H2,1H3,(H,19,24)(H,20,23). The number of halogens is 1. The lowest BCUT2D eigenvalue weighted by atomic mass is 10.2. The molecule has 0 saturated carbocycles. The Balaban J connectivity index is 1.72. The predicted molar refractivity (Wildman–Crippen MR) is 92.5 cm³/mol. The molecule has 0 fully saturated rings. The molecule has 0 spiro atoms. The highest BCUT2D eigenvalue weighted by Gasteiger charge is 2.18. The molecule has 2 heterocycles. The molecule has 0 radical (unpaired) electrons. The molecular formula is C17H15ClN4O3. The number of carbonyl (C=O) groups is 2. The molecule has 2 amide bonds. The summed E-state index contributed by atoms with van der Waals surface area (Å²) in [7, 11) is 1.67. The van der Waals surface area contributed by atoms with Crippen molar-refractivity contribution in [3.8, 4) is 0 Å². The number of aryl methyl sites for hydroxylation is 1. The Morgan fingerprint density at radius 1 is 1.20 bits per heavy atom. The van der Waals surface area contributed by atoms with Gasteiger partial charge < -0.3 is 15.1 Å². The van der Waals surface area contributed by atoms with E-state index in [0.717, 1.165) is 0 Å². The molecule has 0 atom stereocenters. The molecular weight excluding hydrogens is 344 g/mol. The van der Waals surface area contributed by atoms with E-state index in [9.17, 15) is 9.59 Å². The third-order valence-electron chi connectivity index (χ3n) is 3.40. The fourth-order valence-corrected chi connectivity index (χ4v) is 2.33. The SMILES string of the molecule is Cn1cc(NC(=O)c2ccc(Cl)cc2)c(C(=O)NCc2ccco2)n1. The van der Waals surface area contributed by atoms with Crippen LogP contribution in [0.25, 0.3) is 0 Å². The van der Waals surface area contributed by atoms with Crippen LogP contribution in [0.3, 0.4) is 0 Å². The quantitative estimate of drug-likeness (QED) is 0.734. The molecule has 3 rings (SSSR count). The second kappa shape index (κ2) is 7.23. The van der Waals surface area contributed by atoms with E-state index in [1.165, 1.54) is 10.9 Å². The highest BCUT2D eigenvalue weighted by molar-refractivity contribution is 6.30. The second-order valence-electron chi connectivity index (χ2n) is 5.29. The lowest BCUT2D eigenvalue weighted by Gasteiger charge is -2.06.